The largest absolute Gasteiger partial charge is 0.109 e. The summed E-state index contributed by atoms with van der Waals surface area (Å²) in [5.74, 6) is 0. The third kappa shape index (κ3) is 6.36. The molecule has 0 aliphatic heterocycles. The van der Waals surface area contributed by atoms with Gasteiger partial charge in [-0.1, -0.05) is 91.0 Å². The number of hydrogen-bond acceptors (Lipinski definition) is 0. The Balaban J connectivity index is 0.000000615. The summed E-state index contributed by atoms with van der Waals surface area (Å²) in [6, 6.07) is 32.3. The molecular weight excluding hydrogens is 431 g/mol. The third-order valence-corrected chi connectivity index (χ3v) is 5.49. The quantitative estimate of drug-likeness (QED) is 0.305. The molecule has 0 bridgehead atoms. The van der Waals surface area contributed by atoms with Gasteiger partial charge in [-0.3, -0.25) is 0 Å². The molecule has 0 aromatic heterocycles. The molecule has 0 fully saturated rings. The minimum atomic E-state index is -0.446. The minimum absolute atomic E-state index is 0. The first kappa shape index (κ1) is 20.3. The summed E-state index contributed by atoms with van der Waals surface area (Å²) in [4.78, 5) is 0. The molecule has 0 amide bonds. The van der Waals surface area contributed by atoms with Crippen LogP contribution in [0.25, 0.3) is 0 Å². The van der Waals surface area contributed by atoms with Gasteiger partial charge in [-0.2, -0.15) is 0 Å². The Kier molecular flexibility index (Phi) is 10.4. The Morgan fingerprint density at radius 2 is 0.739 bits per heavy atom. The monoisotopic (exact) mass is 448 g/mol. The van der Waals surface area contributed by atoms with E-state index in [1.165, 1.54) is 15.9 Å². The van der Waals surface area contributed by atoms with Gasteiger partial charge in [-0.05, 0) is 23.8 Å². The molecule has 0 saturated carbocycles. The second-order valence-electron chi connectivity index (χ2n) is 4.44. The van der Waals surface area contributed by atoms with Crippen LogP contribution in [0.2, 0.25) is 0 Å². The molecule has 0 saturated heterocycles. The molecule has 3 rings (SSSR count). The van der Waals surface area contributed by atoms with E-state index in [-0.39, 0.29) is 24.8 Å². The Morgan fingerprint density at radius 3 is 0.957 bits per heavy atom. The summed E-state index contributed by atoms with van der Waals surface area (Å²) in [7, 11) is -0.446. The first-order chi connectivity index (χ1) is 10.9. The van der Waals surface area contributed by atoms with E-state index in [9.17, 15) is 0 Å². The zero-order valence-electron chi connectivity index (χ0n) is 12.4. The topological polar surface area (TPSA) is 0 Å². The molecule has 0 nitrogen and oxygen atoms in total. The van der Waals surface area contributed by atoms with Crippen LogP contribution in [0.15, 0.2) is 91.0 Å². The summed E-state index contributed by atoms with van der Waals surface area (Å²) in [5.41, 5.74) is 0. The number of alkyl halides is 2. The van der Waals surface area contributed by atoms with E-state index in [0.29, 0.717) is 0 Å². The van der Waals surface area contributed by atoms with Crippen LogP contribution in [0.4, 0.5) is 0 Å². The number of rotatable bonds is 3. The van der Waals surface area contributed by atoms with Crippen LogP contribution < -0.4 is 15.9 Å². The van der Waals surface area contributed by atoms with Gasteiger partial charge >= 0.3 is 0 Å². The van der Waals surface area contributed by atoms with Crippen LogP contribution in [-0.4, -0.2) is 5.34 Å². The van der Waals surface area contributed by atoms with Gasteiger partial charge in [0, 0.05) is 19.5 Å². The predicted molar refractivity (Wildman–Crippen MR) is 102 cm³/mol. The van der Waals surface area contributed by atoms with Gasteiger partial charge in [0.25, 0.3) is 0 Å². The zero-order chi connectivity index (χ0) is 15.6. The van der Waals surface area contributed by atoms with Crippen molar-refractivity contribution in [3.8, 4) is 0 Å². The number of hydrogen-bond donors (Lipinski definition) is 0. The summed E-state index contributed by atoms with van der Waals surface area (Å²) < 4.78 is 0. The predicted octanol–water partition coefficient (Wildman–Crippen LogP) is 4.86. The van der Waals surface area contributed by atoms with Crippen molar-refractivity contribution in [3.05, 3.63) is 91.0 Å². The van der Waals surface area contributed by atoms with Crippen molar-refractivity contribution in [2.24, 2.45) is 0 Å². The molecule has 120 valence electrons. The van der Waals surface area contributed by atoms with Crippen LogP contribution >= 0.6 is 31.1 Å². The zero-order valence-corrected chi connectivity index (χ0v) is 16.6. The summed E-state index contributed by atoms with van der Waals surface area (Å²) >= 11 is 9.53. The van der Waals surface area contributed by atoms with Crippen molar-refractivity contribution in [1.29, 1.82) is 0 Å². The van der Waals surface area contributed by atoms with E-state index in [4.69, 9.17) is 23.2 Å². The number of benzene rings is 3. The second-order valence-corrected chi connectivity index (χ2v) is 7.47. The molecule has 4 heteroatoms. The molecule has 0 atom stereocenters. The van der Waals surface area contributed by atoms with Crippen molar-refractivity contribution in [2.75, 3.05) is 5.34 Å². The van der Waals surface area contributed by atoms with Crippen molar-refractivity contribution in [1.82, 2.24) is 0 Å². The van der Waals surface area contributed by atoms with E-state index in [0.717, 1.165) is 0 Å². The fourth-order valence-corrected chi connectivity index (χ4v) is 4.48. The van der Waals surface area contributed by atoms with E-state index < -0.39 is 7.92 Å². The average Bonchev–Trinajstić information content (AvgIpc) is 2.59. The maximum absolute atomic E-state index is 4.76. The van der Waals surface area contributed by atoms with Crippen LogP contribution in [-0.2, 0) is 19.5 Å². The second kappa shape index (κ2) is 11.8. The van der Waals surface area contributed by atoms with Crippen molar-refractivity contribution in [3.63, 3.8) is 0 Å². The molecular formula is C19H17Cl2PRu. The van der Waals surface area contributed by atoms with E-state index in [1.807, 2.05) is 0 Å². The molecule has 0 unspecified atom stereocenters. The summed E-state index contributed by atoms with van der Waals surface area (Å²) in [6.45, 7) is 0. The Hall–Kier alpha value is -0.707. The maximum Gasteiger partial charge on any atom is 0.0967 e. The van der Waals surface area contributed by atoms with Gasteiger partial charge in [0.2, 0.25) is 0 Å². The molecule has 0 aliphatic rings. The van der Waals surface area contributed by atoms with Crippen LogP contribution in [0, 0.1) is 0 Å². The van der Waals surface area contributed by atoms with Crippen LogP contribution in [0.5, 0.6) is 0 Å². The summed E-state index contributed by atoms with van der Waals surface area (Å²) in [6.07, 6.45) is 0. The van der Waals surface area contributed by atoms with Crippen molar-refractivity contribution < 1.29 is 19.5 Å². The van der Waals surface area contributed by atoms with Gasteiger partial charge in [-0.15, -0.1) is 23.2 Å². The Bertz CT molecular complexity index is 554. The van der Waals surface area contributed by atoms with Gasteiger partial charge in [-0.25, -0.2) is 0 Å². The van der Waals surface area contributed by atoms with E-state index in [2.05, 4.69) is 91.0 Å². The minimum Gasteiger partial charge on any atom is -0.109 e. The molecule has 0 N–H and O–H groups in total. The fourth-order valence-electron chi connectivity index (χ4n) is 2.18. The first-order valence-electron chi connectivity index (χ1n) is 6.94. The first-order valence-corrected chi connectivity index (χ1v) is 9.35. The molecule has 0 aliphatic carbocycles. The molecule has 23 heavy (non-hydrogen) atoms. The number of halogens is 2. The molecule has 0 radical (unpaired) electrons. The van der Waals surface area contributed by atoms with Crippen molar-refractivity contribution in [2.45, 2.75) is 0 Å². The average molecular weight is 448 g/mol. The van der Waals surface area contributed by atoms with Gasteiger partial charge < -0.3 is 0 Å². The Morgan fingerprint density at radius 1 is 0.522 bits per heavy atom. The molecule has 0 heterocycles. The molecule has 3 aromatic carbocycles. The SMILES string of the molecule is ClCCl.[Ru].c1ccc(P(c2ccccc2)c2ccccc2)cc1. The van der Waals surface area contributed by atoms with Crippen LogP contribution in [0.3, 0.4) is 0 Å². The Labute approximate surface area is 162 Å². The van der Waals surface area contributed by atoms with Gasteiger partial charge in [0.1, 0.15) is 0 Å². The van der Waals surface area contributed by atoms with E-state index in [1.54, 1.807) is 0 Å². The fraction of sp³-hybridized carbons (Fsp3) is 0.0526. The third-order valence-electron chi connectivity index (χ3n) is 3.04. The normalized spacial score (nSPS) is 9.52. The van der Waals surface area contributed by atoms with E-state index >= 15 is 0 Å². The van der Waals surface area contributed by atoms with Gasteiger partial charge in [0.15, 0.2) is 0 Å². The van der Waals surface area contributed by atoms with Gasteiger partial charge in [0.05, 0.1) is 5.34 Å². The molecule has 3 aromatic rings. The van der Waals surface area contributed by atoms with Crippen LogP contribution in [0.1, 0.15) is 0 Å². The molecule has 0 spiro atoms. The summed E-state index contributed by atoms with van der Waals surface area (Å²) in [5, 5.41) is 4.39. The standard InChI is InChI=1S/C18H15P.CH2Cl2.Ru/c1-4-10-16(11-5-1)19(17-12-6-2-7-13-17)18-14-8-3-9-15-18;2-1-3;/h1-15H;1H2;. The maximum atomic E-state index is 4.76. The van der Waals surface area contributed by atoms with Crippen molar-refractivity contribution >= 4 is 47.0 Å². The smallest absolute Gasteiger partial charge is 0.0967 e.